The molecule has 6 heteroatoms. The minimum absolute atomic E-state index is 0.0716. The Morgan fingerprint density at radius 3 is 2.89 bits per heavy atom. The second-order valence-electron chi connectivity index (χ2n) is 4.43. The molecule has 1 aromatic carbocycles. The number of ether oxygens (including phenoxy) is 1. The molecule has 2 aromatic rings. The summed E-state index contributed by atoms with van der Waals surface area (Å²) >= 11 is 3.48. The summed E-state index contributed by atoms with van der Waals surface area (Å²) in [5, 5.41) is 3.72. The van der Waals surface area contributed by atoms with Crippen LogP contribution in [0.1, 0.15) is 24.2 Å². The van der Waals surface area contributed by atoms with Gasteiger partial charge in [-0.25, -0.2) is 0 Å². The normalized spacial score (nSPS) is 12.4. The van der Waals surface area contributed by atoms with Crippen molar-refractivity contribution < 1.29 is 9.26 Å². The largest absolute Gasteiger partial charge is 0.482 e. The molecule has 1 aromatic heterocycles. The third kappa shape index (κ3) is 3.78. The maximum atomic E-state index is 5.84. The number of aromatic nitrogens is 2. The number of hydrogen-bond donors (Lipinski definition) is 1. The molecule has 19 heavy (non-hydrogen) atoms. The van der Waals surface area contributed by atoms with Crippen molar-refractivity contribution in [2.75, 3.05) is 0 Å². The average Bonchev–Trinajstić information content (AvgIpc) is 2.73. The summed E-state index contributed by atoms with van der Waals surface area (Å²) in [4.78, 5) is 4.10. The standard InChI is InChI=1S/C13H16BrN3O2/c1-8(15)6-10-4-3-5-11(14)13(10)18-7-12-16-9(2)17-19-12/h3-5,8H,6-7,15H2,1-2H3. The molecule has 1 heterocycles. The summed E-state index contributed by atoms with van der Waals surface area (Å²) in [5.74, 6) is 1.83. The van der Waals surface area contributed by atoms with E-state index in [0.29, 0.717) is 11.7 Å². The summed E-state index contributed by atoms with van der Waals surface area (Å²) in [5.41, 5.74) is 6.90. The van der Waals surface area contributed by atoms with Crippen LogP contribution in [0.2, 0.25) is 0 Å². The highest BCUT2D eigenvalue weighted by Gasteiger charge is 2.12. The van der Waals surface area contributed by atoms with Gasteiger partial charge in [0.2, 0.25) is 0 Å². The van der Waals surface area contributed by atoms with Gasteiger partial charge in [-0.1, -0.05) is 17.3 Å². The number of halogens is 1. The van der Waals surface area contributed by atoms with Crippen LogP contribution in [0.4, 0.5) is 0 Å². The fourth-order valence-electron chi connectivity index (χ4n) is 1.76. The molecule has 0 bridgehead atoms. The van der Waals surface area contributed by atoms with Crippen LogP contribution in [0, 0.1) is 6.92 Å². The zero-order valence-corrected chi connectivity index (χ0v) is 12.5. The van der Waals surface area contributed by atoms with E-state index < -0.39 is 0 Å². The highest BCUT2D eigenvalue weighted by Crippen LogP contribution is 2.30. The van der Waals surface area contributed by atoms with Crippen LogP contribution in [0.25, 0.3) is 0 Å². The third-order valence-electron chi connectivity index (χ3n) is 2.50. The van der Waals surface area contributed by atoms with Gasteiger partial charge in [0.1, 0.15) is 5.75 Å². The SMILES string of the molecule is Cc1noc(COc2c(Br)cccc2CC(C)N)n1. The van der Waals surface area contributed by atoms with Gasteiger partial charge in [-0.3, -0.25) is 0 Å². The van der Waals surface area contributed by atoms with E-state index in [4.69, 9.17) is 15.0 Å². The maximum absolute atomic E-state index is 5.84. The van der Waals surface area contributed by atoms with E-state index in [-0.39, 0.29) is 12.6 Å². The fraction of sp³-hybridized carbons (Fsp3) is 0.385. The van der Waals surface area contributed by atoms with Crippen molar-refractivity contribution in [3.8, 4) is 5.75 Å². The molecule has 102 valence electrons. The molecule has 5 nitrogen and oxygen atoms in total. The first-order chi connectivity index (χ1) is 9.06. The number of benzene rings is 1. The van der Waals surface area contributed by atoms with Crippen LogP contribution in [0.5, 0.6) is 5.75 Å². The summed E-state index contributed by atoms with van der Waals surface area (Å²) in [6.45, 7) is 3.98. The second-order valence-corrected chi connectivity index (χ2v) is 5.29. The zero-order chi connectivity index (χ0) is 13.8. The number of para-hydroxylation sites is 1. The Kier molecular flexibility index (Phi) is 4.55. The number of nitrogens with two attached hydrogens (primary N) is 1. The Labute approximate surface area is 120 Å². The Hall–Kier alpha value is -1.40. The van der Waals surface area contributed by atoms with Gasteiger partial charge in [-0.2, -0.15) is 4.98 Å². The van der Waals surface area contributed by atoms with Crippen LogP contribution in [-0.4, -0.2) is 16.2 Å². The maximum Gasteiger partial charge on any atom is 0.264 e. The average molecular weight is 326 g/mol. The van der Waals surface area contributed by atoms with E-state index >= 15 is 0 Å². The molecular formula is C13H16BrN3O2. The number of rotatable bonds is 5. The predicted molar refractivity (Wildman–Crippen MR) is 74.9 cm³/mol. The summed E-state index contributed by atoms with van der Waals surface area (Å²) < 4.78 is 11.7. The highest BCUT2D eigenvalue weighted by molar-refractivity contribution is 9.10. The fourth-order valence-corrected chi connectivity index (χ4v) is 2.28. The van der Waals surface area contributed by atoms with Crippen molar-refractivity contribution in [3.05, 3.63) is 40.0 Å². The van der Waals surface area contributed by atoms with Crippen molar-refractivity contribution in [2.45, 2.75) is 32.9 Å². The lowest BCUT2D eigenvalue weighted by atomic mass is 10.1. The molecule has 0 radical (unpaired) electrons. The monoisotopic (exact) mass is 325 g/mol. The highest BCUT2D eigenvalue weighted by atomic mass is 79.9. The van der Waals surface area contributed by atoms with Crippen molar-refractivity contribution >= 4 is 15.9 Å². The van der Waals surface area contributed by atoms with Gasteiger partial charge in [-0.05, 0) is 47.8 Å². The quantitative estimate of drug-likeness (QED) is 0.914. The molecule has 0 saturated heterocycles. The molecule has 0 aliphatic heterocycles. The Balaban J connectivity index is 2.14. The second kappa shape index (κ2) is 6.16. The van der Waals surface area contributed by atoms with Gasteiger partial charge in [0.25, 0.3) is 5.89 Å². The number of aryl methyl sites for hydroxylation is 1. The van der Waals surface area contributed by atoms with Crippen molar-refractivity contribution in [1.82, 2.24) is 10.1 Å². The van der Waals surface area contributed by atoms with Crippen molar-refractivity contribution in [2.24, 2.45) is 5.73 Å². The molecule has 0 spiro atoms. The molecule has 0 aliphatic carbocycles. The molecular weight excluding hydrogens is 310 g/mol. The summed E-state index contributed by atoms with van der Waals surface area (Å²) in [6, 6.07) is 5.97. The van der Waals surface area contributed by atoms with Crippen LogP contribution in [0.3, 0.4) is 0 Å². The van der Waals surface area contributed by atoms with Crippen molar-refractivity contribution in [1.29, 1.82) is 0 Å². The predicted octanol–water partition coefficient (Wildman–Crippen LogP) is 2.61. The van der Waals surface area contributed by atoms with Gasteiger partial charge in [0, 0.05) is 6.04 Å². The number of hydrogen-bond acceptors (Lipinski definition) is 5. The lowest BCUT2D eigenvalue weighted by molar-refractivity contribution is 0.239. The van der Waals surface area contributed by atoms with Crippen LogP contribution in [0.15, 0.2) is 27.2 Å². The lowest BCUT2D eigenvalue weighted by Gasteiger charge is -2.13. The summed E-state index contributed by atoms with van der Waals surface area (Å²) in [6.07, 6.45) is 0.748. The Morgan fingerprint density at radius 1 is 1.47 bits per heavy atom. The van der Waals surface area contributed by atoms with E-state index in [1.165, 1.54) is 0 Å². The van der Waals surface area contributed by atoms with Gasteiger partial charge < -0.3 is 15.0 Å². The van der Waals surface area contributed by atoms with E-state index in [1.807, 2.05) is 25.1 Å². The minimum atomic E-state index is 0.0716. The van der Waals surface area contributed by atoms with E-state index in [0.717, 1.165) is 22.2 Å². The van der Waals surface area contributed by atoms with Crippen LogP contribution < -0.4 is 10.5 Å². The van der Waals surface area contributed by atoms with Crippen molar-refractivity contribution in [3.63, 3.8) is 0 Å². The molecule has 1 atom stereocenters. The topological polar surface area (TPSA) is 74.2 Å². The molecule has 1 unspecified atom stereocenters. The first kappa shape index (κ1) is 14.0. The smallest absolute Gasteiger partial charge is 0.264 e. The first-order valence-corrected chi connectivity index (χ1v) is 6.80. The van der Waals surface area contributed by atoms with E-state index in [1.54, 1.807) is 6.92 Å². The Bertz CT molecular complexity index is 555. The third-order valence-corrected chi connectivity index (χ3v) is 3.12. The van der Waals surface area contributed by atoms with Gasteiger partial charge in [0.05, 0.1) is 4.47 Å². The minimum Gasteiger partial charge on any atom is -0.482 e. The van der Waals surface area contributed by atoms with E-state index in [2.05, 4.69) is 26.1 Å². The molecule has 0 aliphatic rings. The van der Waals surface area contributed by atoms with Gasteiger partial charge >= 0.3 is 0 Å². The molecule has 0 saturated carbocycles. The van der Waals surface area contributed by atoms with Gasteiger partial charge in [-0.15, -0.1) is 0 Å². The van der Waals surface area contributed by atoms with Crippen LogP contribution in [-0.2, 0) is 13.0 Å². The summed E-state index contributed by atoms with van der Waals surface area (Å²) in [7, 11) is 0. The zero-order valence-electron chi connectivity index (χ0n) is 10.9. The molecule has 0 fully saturated rings. The number of nitrogens with zero attached hydrogens (tertiary/aromatic N) is 2. The molecule has 0 amide bonds. The first-order valence-electron chi connectivity index (χ1n) is 6.01. The van der Waals surface area contributed by atoms with Crippen LogP contribution >= 0.6 is 15.9 Å². The Morgan fingerprint density at radius 2 is 2.26 bits per heavy atom. The van der Waals surface area contributed by atoms with E-state index in [9.17, 15) is 0 Å². The molecule has 2 N–H and O–H groups in total. The molecule has 2 rings (SSSR count). The lowest BCUT2D eigenvalue weighted by Crippen LogP contribution is -2.18. The van der Waals surface area contributed by atoms with Gasteiger partial charge in [0.15, 0.2) is 12.4 Å².